The highest BCUT2D eigenvalue weighted by atomic mass is 16.3. The molecule has 0 saturated carbocycles. The summed E-state index contributed by atoms with van der Waals surface area (Å²) >= 11 is 0. The number of anilines is 3. The Bertz CT molecular complexity index is 2790. The molecule has 220 valence electrons. The lowest BCUT2D eigenvalue weighted by molar-refractivity contribution is 0.667. The van der Waals surface area contributed by atoms with Gasteiger partial charge < -0.3 is 13.7 Å². The highest BCUT2D eigenvalue weighted by Crippen LogP contribution is 2.51. The zero-order valence-corrected chi connectivity index (χ0v) is 25.4. The summed E-state index contributed by atoms with van der Waals surface area (Å²) in [6, 6.07) is 57.5. The molecule has 10 aromatic rings. The Labute approximate surface area is 270 Å². The Balaban J connectivity index is 1.41. The lowest BCUT2D eigenvalue weighted by Gasteiger charge is -2.28. The van der Waals surface area contributed by atoms with E-state index in [9.17, 15) is 0 Å². The van der Waals surface area contributed by atoms with E-state index in [4.69, 9.17) is 8.83 Å². The van der Waals surface area contributed by atoms with Crippen LogP contribution in [0, 0.1) is 0 Å². The van der Waals surface area contributed by atoms with Crippen molar-refractivity contribution in [1.29, 1.82) is 0 Å². The minimum Gasteiger partial charge on any atom is -0.454 e. The molecule has 0 aliphatic carbocycles. The highest BCUT2D eigenvalue weighted by molar-refractivity contribution is 6.31. The van der Waals surface area contributed by atoms with Crippen molar-refractivity contribution in [3.8, 4) is 11.1 Å². The molecule has 0 radical (unpaired) electrons. The average molecular weight is 602 g/mol. The van der Waals surface area contributed by atoms with Crippen LogP contribution in [0.1, 0.15) is 0 Å². The predicted octanol–water partition coefficient (Wildman–Crippen LogP) is 12.9. The maximum atomic E-state index is 7.19. The van der Waals surface area contributed by atoms with Crippen molar-refractivity contribution in [3.63, 3.8) is 0 Å². The first-order valence-corrected chi connectivity index (χ1v) is 15.9. The van der Waals surface area contributed by atoms with Crippen molar-refractivity contribution in [2.45, 2.75) is 0 Å². The molecule has 0 aliphatic heterocycles. The van der Waals surface area contributed by atoms with Gasteiger partial charge in [-0.15, -0.1) is 0 Å². The van der Waals surface area contributed by atoms with E-state index in [2.05, 4.69) is 157 Å². The Hall–Kier alpha value is -6.32. The molecule has 3 nitrogen and oxygen atoms in total. The maximum absolute atomic E-state index is 7.19. The zero-order valence-electron chi connectivity index (χ0n) is 25.4. The number of hydrogen-bond donors (Lipinski definition) is 0. The van der Waals surface area contributed by atoms with E-state index in [1.165, 1.54) is 16.2 Å². The molecule has 0 spiro atoms. The monoisotopic (exact) mass is 601 g/mol. The van der Waals surface area contributed by atoms with Crippen LogP contribution in [-0.2, 0) is 0 Å². The van der Waals surface area contributed by atoms with Crippen molar-refractivity contribution in [2.75, 3.05) is 4.90 Å². The molecule has 0 N–H and O–H groups in total. The fourth-order valence-electron chi connectivity index (χ4n) is 7.40. The molecule has 0 unspecified atom stereocenters. The van der Waals surface area contributed by atoms with Crippen molar-refractivity contribution in [3.05, 3.63) is 164 Å². The maximum Gasteiger partial charge on any atom is 0.160 e. The lowest BCUT2D eigenvalue weighted by Crippen LogP contribution is -2.12. The summed E-state index contributed by atoms with van der Waals surface area (Å²) in [5, 5.41) is 9.08. The number of hydrogen-bond acceptors (Lipinski definition) is 3. The van der Waals surface area contributed by atoms with Crippen LogP contribution in [0.5, 0.6) is 0 Å². The van der Waals surface area contributed by atoms with Crippen LogP contribution in [0.25, 0.3) is 76.5 Å². The number of nitrogens with zero attached hydrogens (tertiary/aromatic N) is 1. The van der Waals surface area contributed by atoms with Crippen LogP contribution >= 0.6 is 0 Å². The first kappa shape index (κ1) is 26.0. The van der Waals surface area contributed by atoms with Crippen LogP contribution < -0.4 is 4.90 Å². The van der Waals surface area contributed by atoms with Gasteiger partial charge >= 0.3 is 0 Å². The summed E-state index contributed by atoms with van der Waals surface area (Å²) in [6.07, 6.45) is 0. The molecule has 0 amide bonds. The Morgan fingerprint density at radius 2 is 0.957 bits per heavy atom. The Kier molecular flexibility index (Phi) is 5.57. The van der Waals surface area contributed by atoms with Gasteiger partial charge in [-0.05, 0) is 52.1 Å². The van der Waals surface area contributed by atoms with E-state index in [0.29, 0.717) is 0 Å². The third-order valence-electron chi connectivity index (χ3n) is 9.44. The molecule has 3 heteroatoms. The molecule has 0 fully saturated rings. The Morgan fingerprint density at radius 1 is 0.362 bits per heavy atom. The fraction of sp³-hybridized carbons (Fsp3) is 0. The fourth-order valence-corrected chi connectivity index (χ4v) is 7.40. The molecule has 10 rings (SSSR count). The van der Waals surface area contributed by atoms with E-state index in [1.54, 1.807) is 0 Å². The second kappa shape index (κ2) is 10.1. The van der Waals surface area contributed by atoms with Gasteiger partial charge in [-0.3, -0.25) is 0 Å². The van der Waals surface area contributed by atoms with Crippen molar-refractivity contribution >= 4 is 82.5 Å². The standard InChI is InChI=1S/C44H27NO2/c1-3-14-28(15-4-1)30-26-27-37-40-34-21-9-7-18-31(34)32-19-8-10-22-35(32)43(40)47-44(37)41(30)45(29-16-5-2-6-17-29)38-24-13-23-36-33-20-11-12-25-39(33)46-42(36)38/h1-27H. The normalized spacial score (nSPS) is 11.8. The van der Waals surface area contributed by atoms with Crippen LogP contribution in [-0.4, -0.2) is 0 Å². The van der Waals surface area contributed by atoms with Crippen molar-refractivity contribution < 1.29 is 8.83 Å². The van der Waals surface area contributed by atoms with Gasteiger partial charge in [0.1, 0.15) is 11.2 Å². The van der Waals surface area contributed by atoms with Gasteiger partial charge in [0.2, 0.25) is 0 Å². The van der Waals surface area contributed by atoms with Gasteiger partial charge in [0.05, 0.1) is 11.4 Å². The quantitative estimate of drug-likeness (QED) is 0.188. The third-order valence-corrected chi connectivity index (χ3v) is 9.44. The highest BCUT2D eigenvalue weighted by Gasteiger charge is 2.27. The molecule has 2 aromatic heterocycles. The molecule has 2 heterocycles. The van der Waals surface area contributed by atoms with Gasteiger partial charge in [-0.25, -0.2) is 0 Å². The molecule has 0 bridgehead atoms. The van der Waals surface area contributed by atoms with Crippen LogP contribution in [0.2, 0.25) is 0 Å². The van der Waals surface area contributed by atoms with Crippen LogP contribution in [0.4, 0.5) is 17.1 Å². The Morgan fingerprint density at radius 3 is 1.74 bits per heavy atom. The summed E-state index contributed by atoms with van der Waals surface area (Å²) in [7, 11) is 0. The van der Waals surface area contributed by atoms with E-state index in [1.807, 2.05) is 12.1 Å². The van der Waals surface area contributed by atoms with E-state index in [-0.39, 0.29) is 0 Å². The molecular weight excluding hydrogens is 574 g/mol. The lowest BCUT2D eigenvalue weighted by atomic mass is 9.95. The summed E-state index contributed by atoms with van der Waals surface area (Å²) in [4.78, 5) is 2.32. The summed E-state index contributed by atoms with van der Waals surface area (Å²) in [6.45, 7) is 0. The molecule has 8 aromatic carbocycles. The first-order valence-electron chi connectivity index (χ1n) is 15.9. The van der Waals surface area contributed by atoms with Gasteiger partial charge in [0, 0.05) is 38.2 Å². The topological polar surface area (TPSA) is 29.5 Å². The molecule has 0 aliphatic rings. The van der Waals surface area contributed by atoms with E-state index in [0.717, 1.165) is 77.5 Å². The van der Waals surface area contributed by atoms with Crippen molar-refractivity contribution in [1.82, 2.24) is 0 Å². The van der Waals surface area contributed by atoms with Gasteiger partial charge in [-0.2, -0.15) is 0 Å². The van der Waals surface area contributed by atoms with E-state index < -0.39 is 0 Å². The zero-order chi connectivity index (χ0) is 30.9. The molecule has 0 atom stereocenters. The average Bonchev–Trinajstić information content (AvgIpc) is 3.73. The molecular formula is C44H27NO2. The number of rotatable bonds is 4. The first-order chi connectivity index (χ1) is 23.3. The second-order valence-corrected chi connectivity index (χ2v) is 12.0. The summed E-state index contributed by atoms with van der Waals surface area (Å²) < 4.78 is 13.9. The summed E-state index contributed by atoms with van der Waals surface area (Å²) in [5.74, 6) is 0. The third kappa shape index (κ3) is 3.81. The molecule has 47 heavy (non-hydrogen) atoms. The second-order valence-electron chi connectivity index (χ2n) is 12.0. The minimum absolute atomic E-state index is 0.833. The summed E-state index contributed by atoms with van der Waals surface area (Å²) in [5.41, 5.74) is 8.55. The predicted molar refractivity (Wildman–Crippen MR) is 196 cm³/mol. The number of benzene rings is 8. The largest absolute Gasteiger partial charge is 0.454 e. The SMILES string of the molecule is c1ccc(-c2ccc3c(oc4c5ccccc5c5ccccc5c34)c2N(c2ccccc2)c2cccc3c2oc2ccccc23)cc1. The number of fused-ring (bicyclic) bond motifs is 11. The van der Waals surface area contributed by atoms with Gasteiger partial charge in [-0.1, -0.05) is 133 Å². The minimum atomic E-state index is 0.833. The molecule has 0 saturated heterocycles. The van der Waals surface area contributed by atoms with Gasteiger partial charge in [0.25, 0.3) is 0 Å². The number of para-hydroxylation sites is 3. The van der Waals surface area contributed by atoms with Gasteiger partial charge in [0.15, 0.2) is 11.2 Å². The smallest absolute Gasteiger partial charge is 0.160 e. The van der Waals surface area contributed by atoms with Crippen LogP contribution in [0.3, 0.4) is 0 Å². The van der Waals surface area contributed by atoms with E-state index >= 15 is 0 Å². The van der Waals surface area contributed by atoms with Crippen LogP contribution in [0.15, 0.2) is 173 Å². The van der Waals surface area contributed by atoms with Crippen molar-refractivity contribution in [2.24, 2.45) is 0 Å². The number of furan rings is 2.